The van der Waals surface area contributed by atoms with E-state index in [1.807, 2.05) is 54.4 Å². The first-order valence-electron chi connectivity index (χ1n) is 9.30. The van der Waals surface area contributed by atoms with Crippen LogP contribution in [0.25, 0.3) is 10.9 Å². The Morgan fingerprint density at radius 3 is 2.69 bits per heavy atom. The summed E-state index contributed by atoms with van der Waals surface area (Å²) in [6.45, 7) is 2.83. The molecular weight excluding hydrogens is 328 g/mol. The van der Waals surface area contributed by atoms with Gasteiger partial charge in [-0.25, -0.2) is 0 Å². The molecule has 2 aromatic rings. The highest BCUT2D eigenvalue weighted by atomic mass is 16.2. The molecular formula is C20H28N4O2. The maximum atomic E-state index is 12.6. The van der Waals surface area contributed by atoms with E-state index >= 15 is 0 Å². The number of hydrogen-bond donors (Lipinski definition) is 2. The van der Waals surface area contributed by atoms with E-state index in [4.69, 9.17) is 0 Å². The van der Waals surface area contributed by atoms with Gasteiger partial charge in [0, 0.05) is 49.2 Å². The molecule has 0 saturated carbocycles. The van der Waals surface area contributed by atoms with Crippen molar-refractivity contribution in [2.45, 2.75) is 19.3 Å². The van der Waals surface area contributed by atoms with Crippen molar-refractivity contribution in [3.63, 3.8) is 0 Å². The van der Waals surface area contributed by atoms with Crippen molar-refractivity contribution < 1.29 is 9.59 Å². The molecule has 6 nitrogen and oxygen atoms in total. The SMILES string of the molecule is CN(C)CCNC(=O)C1CCN(C(=O)Cc2c[nH]c3ccccc23)CC1. The molecule has 2 amide bonds. The van der Waals surface area contributed by atoms with E-state index in [1.165, 1.54) is 0 Å². The minimum atomic E-state index is 0.0225. The molecule has 1 aromatic carbocycles. The van der Waals surface area contributed by atoms with Crippen LogP contribution in [0.1, 0.15) is 18.4 Å². The van der Waals surface area contributed by atoms with E-state index in [2.05, 4.69) is 10.3 Å². The number of carbonyl (C=O) groups excluding carboxylic acids is 2. The Bertz CT molecular complexity index is 760. The maximum Gasteiger partial charge on any atom is 0.227 e. The van der Waals surface area contributed by atoms with Crippen molar-refractivity contribution in [3.8, 4) is 0 Å². The number of hydrogen-bond acceptors (Lipinski definition) is 3. The van der Waals surface area contributed by atoms with Crippen LogP contribution < -0.4 is 5.32 Å². The molecule has 0 radical (unpaired) electrons. The standard InChI is InChI=1S/C20H28N4O2/c1-23(2)12-9-21-20(26)15-7-10-24(11-8-15)19(25)13-16-14-22-18-6-4-3-5-17(16)18/h3-6,14-15,22H,7-13H2,1-2H3,(H,21,26). The Labute approximate surface area is 154 Å². The van der Waals surface area contributed by atoms with Gasteiger partial charge in [-0.3, -0.25) is 9.59 Å². The lowest BCUT2D eigenvalue weighted by Crippen LogP contribution is -2.44. The normalized spacial score (nSPS) is 15.6. The second kappa shape index (κ2) is 8.36. The lowest BCUT2D eigenvalue weighted by molar-refractivity contribution is -0.135. The van der Waals surface area contributed by atoms with Crippen LogP contribution in [0.2, 0.25) is 0 Å². The van der Waals surface area contributed by atoms with Crippen LogP contribution >= 0.6 is 0 Å². The summed E-state index contributed by atoms with van der Waals surface area (Å²) in [5.41, 5.74) is 2.09. The van der Waals surface area contributed by atoms with Gasteiger partial charge >= 0.3 is 0 Å². The molecule has 1 saturated heterocycles. The first kappa shape index (κ1) is 18.5. The molecule has 0 bridgehead atoms. The molecule has 6 heteroatoms. The zero-order chi connectivity index (χ0) is 18.5. The summed E-state index contributed by atoms with van der Waals surface area (Å²) in [6.07, 6.45) is 3.82. The summed E-state index contributed by atoms with van der Waals surface area (Å²) in [7, 11) is 3.98. The molecule has 3 rings (SSSR count). The second-order valence-corrected chi connectivity index (χ2v) is 7.29. The number of likely N-dealkylation sites (tertiary alicyclic amines) is 1. The molecule has 2 heterocycles. The predicted octanol–water partition coefficient (Wildman–Crippen LogP) is 1.63. The number of fused-ring (bicyclic) bond motifs is 1. The molecule has 1 aliphatic heterocycles. The van der Waals surface area contributed by atoms with Gasteiger partial charge in [-0.2, -0.15) is 0 Å². The number of H-pyrrole nitrogens is 1. The van der Waals surface area contributed by atoms with Crippen LogP contribution in [0.3, 0.4) is 0 Å². The van der Waals surface area contributed by atoms with E-state index < -0.39 is 0 Å². The second-order valence-electron chi connectivity index (χ2n) is 7.29. The van der Waals surface area contributed by atoms with Crippen LogP contribution in [0.15, 0.2) is 30.5 Å². The van der Waals surface area contributed by atoms with E-state index in [-0.39, 0.29) is 17.7 Å². The number of aromatic nitrogens is 1. The number of carbonyl (C=O) groups is 2. The largest absolute Gasteiger partial charge is 0.361 e. The number of likely N-dealkylation sites (N-methyl/N-ethyl adjacent to an activating group) is 1. The Morgan fingerprint density at radius 1 is 1.23 bits per heavy atom. The highest BCUT2D eigenvalue weighted by molar-refractivity contribution is 5.89. The molecule has 26 heavy (non-hydrogen) atoms. The lowest BCUT2D eigenvalue weighted by atomic mass is 9.95. The van der Waals surface area contributed by atoms with Gasteiger partial charge in [0.25, 0.3) is 0 Å². The Morgan fingerprint density at radius 2 is 1.96 bits per heavy atom. The fraction of sp³-hybridized carbons (Fsp3) is 0.500. The molecule has 0 aliphatic carbocycles. The van der Waals surface area contributed by atoms with Crippen molar-refractivity contribution in [2.24, 2.45) is 5.92 Å². The molecule has 140 valence electrons. The van der Waals surface area contributed by atoms with Gasteiger partial charge < -0.3 is 20.1 Å². The number of nitrogens with one attached hydrogen (secondary N) is 2. The Balaban J connectivity index is 1.48. The van der Waals surface area contributed by atoms with Gasteiger partial charge in [-0.05, 0) is 38.6 Å². The van der Waals surface area contributed by atoms with Crippen LogP contribution in [0.5, 0.6) is 0 Å². The van der Waals surface area contributed by atoms with Crippen LogP contribution in [-0.4, -0.2) is 66.9 Å². The van der Waals surface area contributed by atoms with Crippen molar-refractivity contribution in [1.82, 2.24) is 20.1 Å². The number of para-hydroxylation sites is 1. The van der Waals surface area contributed by atoms with E-state index in [0.717, 1.165) is 35.9 Å². The monoisotopic (exact) mass is 356 g/mol. The molecule has 0 unspecified atom stereocenters. The summed E-state index contributed by atoms with van der Waals surface area (Å²) >= 11 is 0. The minimum Gasteiger partial charge on any atom is -0.361 e. The topological polar surface area (TPSA) is 68.4 Å². The Hall–Kier alpha value is -2.34. The number of rotatable bonds is 6. The summed E-state index contributed by atoms with van der Waals surface area (Å²) in [5.74, 6) is 0.283. The molecule has 0 atom stereocenters. The number of aromatic amines is 1. The van der Waals surface area contributed by atoms with Gasteiger partial charge in [0.15, 0.2) is 0 Å². The van der Waals surface area contributed by atoms with Crippen molar-refractivity contribution in [2.75, 3.05) is 40.3 Å². The van der Waals surface area contributed by atoms with Gasteiger partial charge in [-0.15, -0.1) is 0 Å². The first-order valence-corrected chi connectivity index (χ1v) is 9.30. The van der Waals surface area contributed by atoms with Gasteiger partial charge in [-0.1, -0.05) is 18.2 Å². The van der Waals surface area contributed by atoms with Gasteiger partial charge in [0.05, 0.1) is 6.42 Å². The molecule has 1 aromatic heterocycles. The van der Waals surface area contributed by atoms with Gasteiger partial charge in [0.2, 0.25) is 11.8 Å². The summed E-state index contributed by atoms with van der Waals surface area (Å²) in [4.78, 5) is 32.0. The number of benzene rings is 1. The maximum absolute atomic E-state index is 12.6. The van der Waals surface area contributed by atoms with E-state index in [1.54, 1.807) is 0 Å². The average molecular weight is 356 g/mol. The molecule has 0 spiro atoms. The summed E-state index contributed by atoms with van der Waals surface area (Å²) < 4.78 is 0. The zero-order valence-corrected chi connectivity index (χ0v) is 15.6. The first-order chi connectivity index (χ1) is 12.5. The van der Waals surface area contributed by atoms with E-state index in [0.29, 0.717) is 26.1 Å². The van der Waals surface area contributed by atoms with Crippen molar-refractivity contribution >= 4 is 22.7 Å². The van der Waals surface area contributed by atoms with Crippen molar-refractivity contribution in [1.29, 1.82) is 0 Å². The third kappa shape index (κ3) is 4.43. The predicted molar refractivity (Wildman–Crippen MR) is 103 cm³/mol. The third-order valence-electron chi connectivity index (χ3n) is 5.09. The fourth-order valence-corrected chi connectivity index (χ4v) is 3.49. The van der Waals surface area contributed by atoms with Crippen LogP contribution in [0, 0.1) is 5.92 Å². The number of amides is 2. The summed E-state index contributed by atoms with van der Waals surface area (Å²) in [5, 5.41) is 4.10. The zero-order valence-electron chi connectivity index (χ0n) is 15.6. The van der Waals surface area contributed by atoms with Crippen LogP contribution in [-0.2, 0) is 16.0 Å². The highest BCUT2D eigenvalue weighted by Gasteiger charge is 2.27. The average Bonchev–Trinajstić information content (AvgIpc) is 3.04. The van der Waals surface area contributed by atoms with E-state index in [9.17, 15) is 9.59 Å². The molecule has 1 fully saturated rings. The smallest absolute Gasteiger partial charge is 0.227 e. The highest BCUT2D eigenvalue weighted by Crippen LogP contribution is 2.21. The molecule has 1 aliphatic rings. The van der Waals surface area contributed by atoms with Crippen molar-refractivity contribution in [3.05, 3.63) is 36.0 Å². The van der Waals surface area contributed by atoms with Gasteiger partial charge in [0.1, 0.15) is 0 Å². The third-order valence-corrected chi connectivity index (χ3v) is 5.09. The fourth-order valence-electron chi connectivity index (χ4n) is 3.49. The quantitative estimate of drug-likeness (QED) is 0.827. The lowest BCUT2D eigenvalue weighted by Gasteiger charge is -2.31. The Kier molecular flexibility index (Phi) is 5.93. The minimum absolute atomic E-state index is 0.0225. The summed E-state index contributed by atoms with van der Waals surface area (Å²) in [6, 6.07) is 8.03. The van der Waals surface area contributed by atoms with Crippen LogP contribution in [0.4, 0.5) is 0 Å². The number of nitrogens with zero attached hydrogens (tertiary/aromatic N) is 2. The molecule has 2 N–H and O–H groups in total. The number of piperidine rings is 1.